The molecule has 1 N–H and O–H groups in total. The van der Waals surface area contributed by atoms with Gasteiger partial charge in [0.2, 0.25) is 5.91 Å². The van der Waals surface area contributed by atoms with Gasteiger partial charge in [0, 0.05) is 13.1 Å². The lowest BCUT2D eigenvalue weighted by molar-refractivity contribution is -0.118. The monoisotopic (exact) mass is 362 g/mol. The first kappa shape index (κ1) is 18.9. The molecular formula is C17H22N4O3S. The van der Waals surface area contributed by atoms with Gasteiger partial charge in [-0.2, -0.15) is 0 Å². The van der Waals surface area contributed by atoms with Crippen molar-refractivity contribution in [2.75, 3.05) is 19.4 Å². The van der Waals surface area contributed by atoms with E-state index >= 15 is 0 Å². The van der Waals surface area contributed by atoms with Gasteiger partial charge in [-0.3, -0.25) is 9.36 Å². The second-order valence-corrected chi connectivity index (χ2v) is 5.95. The number of nitrogens with zero attached hydrogens (tertiary/aromatic N) is 3. The first-order valence-corrected chi connectivity index (χ1v) is 8.85. The Balaban J connectivity index is 2.01. The van der Waals surface area contributed by atoms with E-state index in [1.165, 1.54) is 11.8 Å². The molecule has 0 atom stereocenters. The van der Waals surface area contributed by atoms with E-state index in [9.17, 15) is 4.79 Å². The topological polar surface area (TPSA) is 78.3 Å². The first-order valence-electron chi connectivity index (χ1n) is 7.87. The third-order valence-corrected chi connectivity index (χ3v) is 4.21. The van der Waals surface area contributed by atoms with Gasteiger partial charge in [-0.15, -0.1) is 16.8 Å². The minimum Gasteiger partial charge on any atom is -0.497 e. The number of carbonyl (C=O) groups excluding carboxylic acids is 1. The average molecular weight is 362 g/mol. The fourth-order valence-corrected chi connectivity index (χ4v) is 2.84. The standard InChI is InChI=1S/C17H22N4O3S/c1-4-10-21-15(11-24-14-8-6-13(23-3)7-9-14)19-20-17(21)25-12-16(22)18-5-2/h4,6-9H,1,5,10-12H2,2-3H3,(H,18,22). The number of methoxy groups -OCH3 is 1. The Morgan fingerprint density at radius 3 is 2.68 bits per heavy atom. The third-order valence-electron chi connectivity index (χ3n) is 3.24. The van der Waals surface area contributed by atoms with Crippen LogP contribution in [-0.2, 0) is 17.9 Å². The van der Waals surface area contributed by atoms with Crippen LogP contribution in [0.1, 0.15) is 12.7 Å². The molecule has 0 fully saturated rings. The maximum Gasteiger partial charge on any atom is 0.230 e. The predicted octanol–water partition coefficient (Wildman–Crippen LogP) is 2.28. The van der Waals surface area contributed by atoms with Crippen molar-refractivity contribution in [2.24, 2.45) is 0 Å². The van der Waals surface area contributed by atoms with E-state index in [-0.39, 0.29) is 12.5 Å². The van der Waals surface area contributed by atoms with Gasteiger partial charge in [-0.1, -0.05) is 17.8 Å². The Kier molecular flexibility index (Phi) is 7.34. The van der Waals surface area contributed by atoms with E-state index in [4.69, 9.17) is 9.47 Å². The van der Waals surface area contributed by atoms with Crippen LogP contribution in [0, 0.1) is 0 Å². The molecule has 0 aliphatic rings. The lowest BCUT2D eigenvalue weighted by Crippen LogP contribution is -2.24. The number of rotatable bonds is 10. The molecule has 1 aromatic carbocycles. The first-order chi connectivity index (χ1) is 12.2. The summed E-state index contributed by atoms with van der Waals surface area (Å²) in [6, 6.07) is 7.32. The molecule has 1 amide bonds. The summed E-state index contributed by atoms with van der Waals surface area (Å²) < 4.78 is 12.8. The van der Waals surface area contributed by atoms with Crippen LogP contribution < -0.4 is 14.8 Å². The number of hydrogen-bond acceptors (Lipinski definition) is 6. The van der Waals surface area contributed by atoms with E-state index in [0.29, 0.717) is 35.6 Å². The van der Waals surface area contributed by atoms with Gasteiger partial charge in [0.05, 0.1) is 12.9 Å². The van der Waals surface area contributed by atoms with Crippen LogP contribution in [0.25, 0.3) is 0 Å². The number of amides is 1. The van der Waals surface area contributed by atoms with Gasteiger partial charge in [0.25, 0.3) is 0 Å². The van der Waals surface area contributed by atoms with Crippen molar-refractivity contribution in [3.8, 4) is 11.5 Å². The van der Waals surface area contributed by atoms with E-state index < -0.39 is 0 Å². The smallest absolute Gasteiger partial charge is 0.230 e. The van der Waals surface area contributed by atoms with Crippen molar-refractivity contribution < 1.29 is 14.3 Å². The highest BCUT2D eigenvalue weighted by Gasteiger charge is 2.14. The highest BCUT2D eigenvalue weighted by molar-refractivity contribution is 7.99. The molecule has 2 rings (SSSR count). The number of benzene rings is 1. The Morgan fingerprint density at radius 1 is 1.32 bits per heavy atom. The molecule has 2 aromatic rings. The minimum absolute atomic E-state index is 0.0308. The Labute approximate surface area is 151 Å². The number of allylic oxidation sites excluding steroid dienone is 1. The lowest BCUT2D eigenvalue weighted by Gasteiger charge is -2.09. The van der Waals surface area contributed by atoms with Crippen LogP contribution >= 0.6 is 11.8 Å². The normalized spacial score (nSPS) is 10.3. The third kappa shape index (κ3) is 5.53. The molecule has 134 valence electrons. The molecular weight excluding hydrogens is 340 g/mol. The average Bonchev–Trinajstić information content (AvgIpc) is 3.01. The zero-order valence-corrected chi connectivity index (χ0v) is 15.2. The Morgan fingerprint density at radius 2 is 2.04 bits per heavy atom. The van der Waals surface area contributed by atoms with Gasteiger partial charge in [-0.05, 0) is 31.2 Å². The van der Waals surface area contributed by atoms with Crippen LogP contribution in [-0.4, -0.2) is 40.1 Å². The van der Waals surface area contributed by atoms with E-state index in [1.54, 1.807) is 13.2 Å². The van der Waals surface area contributed by atoms with Crippen molar-refractivity contribution in [2.45, 2.75) is 25.2 Å². The van der Waals surface area contributed by atoms with Crippen molar-refractivity contribution >= 4 is 17.7 Å². The quantitative estimate of drug-likeness (QED) is 0.516. The fourth-order valence-electron chi connectivity index (χ4n) is 2.04. The number of hydrogen-bond donors (Lipinski definition) is 1. The largest absolute Gasteiger partial charge is 0.497 e. The molecule has 0 saturated heterocycles. The molecule has 1 aromatic heterocycles. The number of carbonyl (C=O) groups is 1. The zero-order valence-electron chi connectivity index (χ0n) is 14.4. The van der Waals surface area contributed by atoms with Crippen LogP contribution in [0.5, 0.6) is 11.5 Å². The second kappa shape index (κ2) is 9.73. The summed E-state index contributed by atoms with van der Waals surface area (Å²) >= 11 is 1.34. The SMILES string of the molecule is C=CCn1c(COc2ccc(OC)cc2)nnc1SCC(=O)NCC. The summed E-state index contributed by atoms with van der Waals surface area (Å²) in [4.78, 5) is 11.6. The van der Waals surface area contributed by atoms with Gasteiger partial charge < -0.3 is 14.8 Å². The Bertz CT molecular complexity index is 700. The highest BCUT2D eigenvalue weighted by Crippen LogP contribution is 2.20. The van der Waals surface area contributed by atoms with E-state index in [0.717, 1.165) is 5.75 Å². The molecule has 25 heavy (non-hydrogen) atoms. The molecule has 8 heteroatoms. The van der Waals surface area contributed by atoms with Crippen LogP contribution in [0.15, 0.2) is 42.1 Å². The summed E-state index contributed by atoms with van der Waals surface area (Å²) in [6.45, 7) is 7.08. The molecule has 0 spiro atoms. The fraction of sp³-hybridized carbons (Fsp3) is 0.353. The summed E-state index contributed by atoms with van der Waals surface area (Å²) in [5, 5.41) is 11.7. The maximum atomic E-state index is 11.6. The molecule has 0 aliphatic carbocycles. The van der Waals surface area contributed by atoms with E-state index in [1.807, 2.05) is 35.8 Å². The van der Waals surface area contributed by atoms with Gasteiger partial charge in [-0.25, -0.2) is 0 Å². The van der Waals surface area contributed by atoms with Gasteiger partial charge >= 0.3 is 0 Å². The number of aromatic nitrogens is 3. The molecule has 0 saturated carbocycles. The molecule has 1 heterocycles. The highest BCUT2D eigenvalue weighted by atomic mass is 32.2. The maximum absolute atomic E-state index is 11.6. The molecule has 7 nitrogen and oxygen atoms in total. The number of ether oxygens (including phenoxy) is 2. The molecule has 0 radical (unpaired) electrons. The van der Waals surface area contributed by atoms with Crippen molar-refractivity contribution in [1.29, 1.82) is 0 Å². The van der Waals surface area contributed by atoms with Crippen LogP contribution in [0.2, 0.25) is 0 Å². The summed E-state index contributed by atoms with van der Waals surface area (Å²) in [6.07, 6.45) is 1.76. The second-order valence-electron chi connectivity index (χ2n) is 5.00. The molecule has 0 unspecified atom stereocenters. The van der Waals surface area contributed by atoms with Crippen LogP contribution in [0.3, 0.4) is 0 Å². The van der Waals surface area contributed by atoms with Crippen molar-refractivity contribution in [1.82, 2.24) is 20.1 Å². The number of nitrogens with one attached hydrogen (secondary N) is 1. The molecule has 0 bridgehead atoms. The summed E-state index contributed by atoms with van der Waals surface area (Å²) in [5.74, 6) is 2.42. The van der Waals surface area contributed by atoms with Gasteiger partial charge in [0.1, 0.15) is 18.1 Å². The number of thioether (sulfide) groups is 1. The lowest BCUT2D eigenvalue weighted by atomic mass is 10.3. The minimum atomic E-state index is -0.0308. The molecule has 0 aliphatic heterocycles. The van der Waals surface area contributed by atoms with E-state index in [2.05, 4.69) is 22.1 Å². The summed E-state index contributed by atoms with van der Waals surface area (Å²) in [5.41, 5.74) is 0. The van der Waals surface area contributed by atoms with Crippen LogP contribution in [0.4, 0.5) is 0 Å². The summed E-state index contributed by atoms with van der Waals surface area (Å²) in [7, 11) is 1.62. The van der Waals surface area contributed by atoms with Crippen molar-refractivity contribution in [3.63, 3.8) is 0 Å². The zero-order chi connectivity index (χ0) is 18.1. The Hall–Kier alpha value is -2.48. The predicted molar refractivity (Wildman–Crippen MR) is 97.0 cm³/mol. The van der Waals surface area contributed by atoms with Crippen molar-refractivity contribution in [3.05, 3.63) is 42.7 Å². The van der Waals surface area contributed by atoms with Gasteiger partial charge in [0.15, 0.2) is 11.0 Å².